The Morgan fingerprint density at radius 2 is 1.97 bits per heavy atom. The number of benzene rings is 2. The first kappa shape index (κ1) is 21.7. The number of anilines is 2. The second-order valence-electron chi connectivity index (χ2n) is 7.17. The predicted molar refractivity (Wildman–Crippen MR) is 123 cm³/mol. The Morgan fingerprint density at radius 1 is 1.19 bits per heavy atom. The van der Waals surface area contributed by atoms with Crippen molar-refractivity contribution in [3.05, 3.63) is 47.0 Å². The van der Waals surface area contributed by atoms with Gasteiger partial charge in [-0.05, 0) is 30.7 Å². The van der Waals surface area contributed by atoms with Crippen LogP contribution in [-0.4, -0.2) is 41.3 Å². The number of thioether (sulfide) groups is 1. The molecule has 0 fully saturated rings. The van der Waals surface area contributed by atoms with E-state index in [0.717, 1.165) is 4.90 Å². The van der Waals surface area contributed by atoms with Gasteiger partial charge in [0.05, 0.1) is 42.9 Å². The summed E-state index contributed by atoms with van der Waals surface area (Å²) in [6.45, 7) is 0.348. The standard InChI is InChI=1S/C22H22N4O5S/c1-30-17-9-14-15(10-18(17)31-2)23-12-26(22(14)29)7-3-4-20(27)24-13-5-6-19-16(8-13)25-21(28)11-32-19/h5-6,8-10,12H,3-4,7,11H2,1-2H3,(H,24,27)(H,25,28). The molecule has 0 saturated carbocycles. The molecule has 2 heterocycles. The Labute approximate surface area is 188 Å². The number of methoxy groups -OCH3 is 2. The van der Waals surface area contributed by atoms with Gasteiger partial charge in [0.1, 0.15) is 0 Å². The van der Waals surface area contributed by atoms with Gasteiger partial charge >= 0.3 is 0 Å². The summed E-state index contributed by atoms with van der Waals surface area (Å²) in [4.78, 5) is 42.0. The molecule has 3 aromatic rings. The molecule has 32 heavy (non-hydrogen) atoms. The zero-order valence-corrected chi connectivity index (χ0v) is 18.5. The summed E-state index contributed by atoms with van der Waals surface area (Å²) in [6, 6.07) is 8.70. The largest absolute Gasteiger partial charge is 0.493 e. The lowest BCUT2D eigenvalue weighted by molar-refractivity contribution is -0.116. The highest BCUT2D eigenvalue weighted by molar-refractivity contribution is 8.00. The number of ether oxygens (including phenoxy) is 2. The normalized spacial score (nSPS) is 12.8. The van der Waals surface area contributed by atoms with E-state index in [-0.39, 0.29) is 23.8 Å². The van der Waals surface area contributed by atoms with Gasteiger partial charge < -0.3 is 20.1 Å². The highest BCUT2D eigenvalue weighted by Crippen LogP contribution is 2.33. The van der Waals surface area contributed by atoms with E-state index in [1.807, 2.05) is 6.07 Å². The van der Waals surface area contributed by atoms with Gasteiger partial charge in [0.25, 0.3) is 5.56 Å². The molecule has 0 unspecified atom stereocenters. The van der Waals surface area contributed by atoms with Crippen LogP contribution in [0.25, 0.3) is 10.9 Å². The number of rotatable bonds is 7. The maximum atomic E-state index is 12.8. The number of amides is 2. The van der Waals surface area contributed by atoms with Crippen molar-refractivity contribution in [2.75, 3.05) is 30.6 Å². The highest BCUT2D eigenvalue weighted by Gasteiger charge is 2.16. The Hall–Kier alpha value is -3.53. The molecule has 2 aromatic carbocycles. The monoisotopic (exact) mass is 454 g/mol. The van der Waals surface area contributed by atoms with Crippen molar-refractivity contribution >= 4 is 45.9 Å². The number of fused-ring (bicyclic) bond motifs is 2. The minimum absolute atomic E-state index is 0.0588. The van der Waals surface area contributed by atoms with Gasteiger partial charge in [-0.25, -0.2) is 4.98 Å². The Morgan fingerprint density at radius 3 is 2.75 bits per heavy atom. The Balaban J connectivity index is 1.39. The smallest absolute Gasteiger partial charge is 0.261 e. The van der Waals surface area contributed by atoms with E-state index < -0.39 is 0 Å². The number of aryl methyl sites for hydroxylation is 1. The molecule has 1 aliphatic heterocycles. The first-order chi connectivity index (χ1) is 15.5. The van der Waals surface area contributed by atoms with E-state index in [9.17, 15) is 14.4 Å². The number of hydrogen-bond donors (Lipinski definition) is 2. The topological polar surface area (TPSA) is 112 Å². The van der Waals surface area contributed by atoms with E-state index >= 15 is 0 Å². The molecule has 0 aliphatic carbocycles. The van der Waals surface area contributed by atoms with Gasteiger partial charge in [0, 0.05) is 29.6 Å². The molecule has 166 valence electrons. The zero-order chi connectivity index (χ0) is 22.7. The van der Waals surface area contributed by atoms with Crippen LogP contribution in [0.4, 0.5) is 11.4 Å². The summed E-state index contributed by atoms with van der Waals surface area (Å²) in [6.07, 6.45) is 2.16. The van der Waals surface area contributed by atoms with Crippen LogP contribution in [-0.2, 0) is 16.1 Å². The molecule has 9 nitrogen and oxygen atoms in total. The second kappa shape index (κ2) is 9.31. The molecule has 0 bridgehead atoms. The number of nitrogens with one attached hydrogen (secondary N) is 2. The molecule has 0 saturated heterocycles. The van der Waals surface area contributed by atoms with E-state index in [0.29, 0.717) is 52.5 Å². The van der Waals surface area contributed by atoms with Crippen molar-refractivity contribution in [3.63, 3.8) is 0 Å². The Bertz CT molecular complexity index is 1260. The third-order valence-corrected chi connectivity index (χ3v) is 6.10. The quantitative estimate of drug-likeness (QED) is 0.565. The van der Waals surface area contributed by atoms with Gasteiger partial charge in [0.2, 0.25) is 11.8 Å². The van der Waals surface area contributed by atoms with Crippen LogP contribution in [0.1, 0.15) is 12.8 Å². The predicted octanol–water partition coefficient (Wildman–Crippen LogP) is 2.88. The molecule has 2 amide bonds. The number of nitrogens with zero attached hydrogens (tertiary/aromatic N) is 2. The van der Waals surface area contributed by atoms with Crippen molar-refractivity contribution in [3.8, 4) is 11.5 Å². The minimum atomic E-state index is -0.209. The van der Waals surface area contributed by atoms with Crippen molar-refractivity contribution in [1.29, 1.82) is 0 Å². The summed E-state index contributed by atoms with van der Waals surface area (Å²) in [7, 11) is 3.03. The molecule has 1 aliphatic rings. The summed E-state index contributed by atoms with van der Waals surface area (Å²) in [5.41, 5.74) is 1.62. The average molecular weight is 455 g/mol. The third-order valence-electron chi connectivity index (χ3n) is 5.03. The SMILES string of the molecule is COc1cc2ncn(CCCC(=O)Nc3ccc4c(c3)NC(=O)CS4)c(=O)c2cc1OC. The van der Waals surface area contributed by atoms with Crippen LogP contribution < -0.4 is 25.7 Å². The van der Waals surface area contributed by atoms with Gasteiger partial charge in [-0.2, -0.15) is 0 Å². The van der Waals surface area contributed by atoms with Crippen LogP contribution in [0.5, 0.6) is 11.5 Å². The van der Waals surface area contributed by atoms with Crippen LogP contribution in [0.2, 0.25) is 0 Å². The van der Waals surface area contributed by atoms with Crippen LogP contribution >= 0.6 is 11.8 Å². The summed E-state index contributed by atoms with van der Waals surface area (Å²) >= 11 is 1.46. The van der Waals surface area contributed by atoms with E-state index in [1.165, 1.54) is 36.9 Å². The molecule has 0 atom stereocenters. The maximum Gasteiger partial charge on any atom is 0.261 e. The lowest BCUT2D eigenvalue weighted by Crippen LogP contribution is -2.22. The zero-order valence-electron chi connectivity index (χ0n) is 17.6. The molecular weight excluding hydrogens is 432 g/mol. The molecule has 0 radical (unpaired) electrons. The number of aromatic nitrogens is 2. The fourth-order valence-electron chi connectivity index (χ4n) is 3.44. The minimum Gasteiger partial charge on any atom is -0.493 e. The van der Waals surface area contributed by atoms with Crippen molar-refractivity contribution in [2.24, 2.45) is 0 Å². The first-order valence-electron chi connectivity index (χ1n) is 9.96. The van der Waals surface area contributed by atoms with E-state index in [4.69, 9.17) is 9.47 Å². The fraction of sp³-hybridized carbons (Fsp3) is 0.273. The number of hydrogen-bond acceptors (Lipinski definition) is 7. The third kappa shape index (κ3) is 4.54. The van der Waals surface area contributed by atoms with Crippen LogP contribution in [0.15, 0.2) is 46.3 Å². The van der Waals surface area contributed by atoms with Crippen molar-refractivity contribution < 1.29 is 19.1 Å². The lowest BCUT2D eigenvalue weighted by atomic mass is 10.2. The van der Waals surface area contributed by atoms with Crippen LogP contribution in [0.3, 0.4) is 0 Å². The Kier molecular flexibility index (Phi) is 6.31. The average Bonchev–Trinajstić information content (AvgIpc) is 2.79. The summed E-state index contributed by atoms with van der Waals surface area (Å²) < 4.78 is 12.0. The number of carbonyl (C=O) groups excluding carboxylic acids is 2. The summed E-state index contributed by atoms with van der Waals surface area (Å²) in [5, 5.41) is 6.05. The lowest BCUT2D eigenvalue weighted by Gasteiger charge is -2.17. The molecule has 1 aromatic heterocycles. The van der Waals surface area contributed by atoms with Gasteiger partial charge in [-0.1, -0.05) is 0 Å². The van der Waals surface area contributed by atoms with Gasteiger partial charge in [-0.15, -0.1) is 11.8 Å². The van der Waals surface area contributed by atoms with E-state index in [1.54, 1.807) is 24.3 Å². The molecule has 0 spiro atoms. The van der Waals surface area contributed by atoms with E-state index in [2.05, 4.69) is 15.6 Å². The maximum absolute atomic E-state index is 12.8. The van der Waals surface area contributed by atoms with Gasteiger partial charge in [-0.3, -0.25) is 19.0 Å². The molecule has 4 rings (SSSR count). The van der Waals surface area contributed by atoms with Crippen molar-refractivity contribution in [1.82, 2.24) is 9.55 Å². The first-order valence-corrected chi connectivity index (χ1v) is 10.9. The second-order valence-corrected chi connectivity index (χ2v) is 8.18. The highest BCUT2D eigenvalue weighted by atomic mass is 32.2. The molecule has 2 N–H and O–H groups in total. The summed E-state index contributed by atoms with van der Waals surface area (Å²) in [5.74, 6) is 1.11. The molecular formula is C22H22N4O5S. The molecule has 10 heteroatoms. The number of carbonyl (C=O) groups is 2. The van der Waals surface area contributed by atoms with Crippen molar-refractivity contribution in [2.45, 2.75) is 24.3 Å². The van der Waals surface area contributed by atoms with Gasteiger partial charge in [0.15, 0.2) is 11.5 Å². The van der Waals surface area contributed by atoms with Crippen LogP contribution in [0, 0.1) is 0 Å². The fourth-order valence-corrected chi connectivity index (χ4v) is 4.23.